The lowest BCUT2D eigenvalue weighted by Gasteiger charge is -2.16. The maximum absolute atomic E-state index is 11.6. The van der Waals surface area contributed by atoms with Gasteiger partial charge in [-0.25, -0.2) is 4.79 Å². The van der Waals surface area contributed by atoms with Crippen molar-refractivity contribution in [2.24, 2.45) is 0 Å². The Balaban J connectivity index is 2.24. The number of anilines is 1. The van der Waals surface area contributed by atoms with E-state index >= 15 is 0 Å². The second-order valence-corrected chi connectivity index (χ2v) is 4.99. The van der Waals surface area contributed by atoms with Gasteiger partial charge < -0.3 is 10.1 Å². The van der Waals surface area contributed by atoms with Gasteiger partial charge in [0.1, 0.15) is 0 Å². The summed E-state index contributed by atoms with van der Waals surface area (Å²) >= 11 is 6.00. The molecule has 21 heavy (non-hydrogen) atoms. The van der Waals surface area contributed by atoms with E-state index in [2.05, 4.69) is 15.3 Å². The molecule has 0 spiro atoms. The highest BCUT2D eigenvalue weighted by Gasteiger charge is 2.14. The number of methoxy groups -OCH3 is 1. The van der Waals surface area contributed by atoms with Crippen LogP contribution < -0.4 is 5.32 Å². The minimum absolute atomic E-state index is 0.0506. The van der Waals surface area contributed by atoms with Gasteiger partial charge in [0, 0.05) is 18.1 Å². The Morgan fingerprint density at radius 2 is 2.05 bits per heavy atom. The molecule has 0 radical (unpaired) electrons. The summed E-state index contributed by atoms with van der Waals surface area (Å²) in [6.07, 6.45) is 3.31. The predicted octanol–water partition coefficient (Wildman–Crippen LogP) is 3.40. The number of nitrogens with zero attached hydrogens (tertiary/aromatic N) is 2. The molecule has 0 fully saturated rings. The third-order valence-corrected chi connectivity index (χ3v) is 3.41. The van der Waals surface area contributed by atoms with Gasteiger partial charge in [-0.2, -0.15) is 0 Å². The fourth-order valence-corrected chi connectivity index (χ4v) is 2.24. The van der Waals surface area contributed by atoms with E-state index in [4.69, 9.17) is 16.3 Å². The van der Waals surface area contributed by atoms with Crippen molar-refractivity contribution >= 4 is 23.3 Å². The van der Waals surface area contributed by atoms with E-state index in [1.165, 1.54) is 7.11 Å². The molecule has 1 N–H and O–H groups in total. The first-order valence-corrected chi connectivity index (χ1v) is 6.82. The Bertz CT molecular complexity index is 661. The summed E-state index contributed by atoms with van der Waals surface area (Å²) in [4.78, 5) is 20.2. The molecule has 1 heterocycles. The smallest absolute Gasteiger partial charge is 0.339 e. The molecule has 110 valence electrons. The van der Waals surface area contributed by atoms with Crippen molar-refractivity contribution in [3.63, 3.8) is 0 Å². The van der Waals surface area contributed by atoms with Gasteiger partial charge in [-0.05, 0) is 32.0 Å². The second-order valence-electron chi connectivity index (χ2n) is 4.58. The molecule has 2 rings (SSSR count). The van der Waals surface area contributed by atoms with Crippen LogP contribution in [0.5, 0.6) is 0 Å². The number of esters is 1. The molecule has 0 amide bonds. The second kappa shape index (κ2) is 6.54. The van der Waals surface area contributed by atoms with Gasteiger partial charge in [0.2, 0.25) is 0 Å². The molecule has 0 aliphatic rings. The molecular formula is C15H16ClN3O2. The fraction of sp³-hybridized carbons (Fsp3) is 0.267. The first-order chi connectivity index (χ1) is 10.0. The van der Waals surface area contributed by atoms with Crippen LogP contribution in [0.4, 0.5) is 5.69 Å². The highest BCUT2D eigenvalue weighted by atomic mass is 35.5. The molecule has 5 nitrogen and oxygen atoms in total. The number of hydrogen-bond acceptors (Lipinski definition) is 5. The number of rotatable bonds is 4. The molecule has 0 saturated carbocycles. The van der Waals surface area contributed by atoms with Crippen molar-refractivity contribution in [3.05, 3.63) is 52.6 Å². The van der Waals surface area contributed by atoms with Crippen LogP contribution in [0.15, 0.2) is 30.6 Å². The van der Waals surface area contributed by atoms with Gasteiger partial charge in [0.05, 0.1) is 35.1 Å². The fourth-order valence-electron chi connectivity index (χ4n) is 2.04. The van der Waals surface area contributed by atoms with Gasteiger partial charge in [-0.1, -0.05) is 11.6 Å². The van der Waals surface area contributed by atoms with Crippen LogP contribution in [0.1, 0.15) is 34.7 Å². The third kappa shape index (κ3) is 3.49. The maximum atomic E-state index is 11.6. The van der Waals surface area contributed by atoms with E-state index in [-0.39, 0.29) is 6.04 Å². The normalized spacial score (nSPS) is 11.8. The SMILES string of the molecule is COC(=O)c1cc(NC(C)c2nccnc2C)ccc1Cl. The quantitative estimate of drug-likeness (QED) is 0.877. The lowest BCUT2D eigenvalue weighted by atomic mass is 10.1. The number of halogens is 1. The summed E-state index contributed by atoms with van der Waals surface area (Å²) in [6, 6.07) is 5.07. The third-order valence-electron chi connectivity index (χ3n) is 3.08. The monoisotopic (exact) mass is 305 g/mol. The van der Waals surface area contributed by atoms with Crippen LogP contribution in [-0.4, -0.2) is 23.0 Å². The van der Waals surface area contributed by atoms with Crippen molar-refractivity contribution in [2.45, 2.75) is 19.9 Å². The highest BCUT2D eigenvalue weighted by Crippen LogP contribution is 2.24. The zero-order valence-corrected chi connectivity index (χ0v) is 12.8. The number of hydrogen-bond donors (Lipinski definition) is 1. The van der Waals surface area contributed by atoms with Gasteiger partial charge >= 0.3 is 5.97 Å². The van der Waals surface area contributed by atoms with Crippen LogP contribution in [0.2, 0.25) is 5.02 Å². The summed E-state index contributed by atoms with van der Waals surface area (Å²) in [6.45, 7) is 3.88. The van der Waals surface area contributed by atoms with Crippen LogP contribution in [0.3, 0.4) is 0 Å². The first kappa shape index (κ1) is 15.3. The van der Waals surface area contributed by atoms with E-state index in [0.29, 0.717) is 10.6 Å². The van der Waals surface area contributed by atoms with Gasteiger partial charge in [-0.15, -0.1) is 0 Å². The van der Waals surface area contributed by atoms with E-state index in [1.807, 2.05) is 13.8 Å². The molecule has 1 unspecified atom stereocenters. The summed E-state index contributed by atoms with van der Waals surface area (Å²) in [5, 5.41) is 3.63. The molecule has 0 aliphatic carbocycles. The van der Waals surface area contributed by atoms with Crippen molar-refractivity contribution < 1.29 is 9.53 Å². The Kier molecular flexibility index (Phi) is 4.75. The molecule has 0 aliphatic heterocycles. The topological polar surface area (TPSA) is 64.1 Å². The minimum Gasteiger partial charge on any atom is -0.465 e. The summed E-state index contributed by atoms with van der Waals surface area (Å²) in [5.74, 6) is -0.466. The Labute approximate surface area is 128 Å². The summed E-state index contributed by atoms with van der Waals surface area (Å²) in [7, 11) is 1.32. The van der Waals surface area contributed by atoms with E-state index in [0.717, 1.165) is 17.1 Å². The number of carbonyl (C=O) groups is 1. The van der Waals surface area contributed by atoms with E-state index in [1.54, 1.807) is 30.6 Å². The van der Waals surface area contributed by atoms with Gasteiger partial charge in [-0.3, -0.25) is 9.97 Å². The van der Waals surface area contributed by atoms with Crippen molar-refractivity contribution in [1.29, 1.82) is 0 Å². The zero-order valence-electron chi connectivity index (χ0n) is 12.1. The average molecular weight is 306 g/mol. The zero-order chi connectivity index (χ0) is 15.4. The molecule has 1 aromatic carbocycles. The molecule has 6 heteroatoms. The molecule has 0 saturated heterocycles. The predicted molar refractivity (Wildman–Crippen MR) is 81.6 cm³/mol. The number of ether oxygens (including phenoxy) is 1. The average Bonchev–Trinajstić information content (AvgIpc) is 2.48. The number of benzene rings is 1. The lowest BCUT2D eigenvalue weighted by molar-refractivity contribution is 0.0601. The van der Waals surface area contributed by atoms with Gasteiger partial charge in [0.15, 0.2) is 0 Å². The number of aryl methyl sites for hydroxylation is 1. The largest absolute Gasteiger partial charge is 0.465 e. The molecule has 1 atom stereocenters. The van der Waals surface area contributed by atoms with E-state index < -0.39 is 5.97 Å². The molecule has 2 aromatic rings. The van der Waals surface area contributed by atoms with Crippen molar-refractivity contribution in [3.8, 4) is 0 Å². The Hall–Kier alpha value is -2.14. The van der Waals surface area contributed by atoms with Crippen molar-refractivity contribution in [1.82, 2.24) is 9.97 Å². The van der Waals surface area contributed by atoms with Crippen LogP contribution in [-0.2, 0) is 4.74 Å². The standard InChI is InChI=1S/C15H16ClN3O2/c1-9-14(18-7-6-17-9)10(2)19-11-4-5-13(16)12(8-11)15(20)21-3/h4-8,10,19H,1-3H3. The number of nitrogens with one attached hydrogen (secondary N) is 1. The van der Waals surface area contributed by atoms with Gasteiger partial charge in [0.25, 0.3) is 0 Å². The maximum Gasteiger partial charge on any atom is 0.339 e. The number of carbonyl (C=O) groups excluding carboxylic acids is 1. The number of aromatic nitrogens is 2. The first-order valence-electron chi connectivity index (χ1n) is 6.45. The Morgan fingerprint density at radius 1 is 1.33 bits per heavy atom. The molecule has 1 aromatic heterocycles. The summed E-state index contributed by atoms with van der Waals surface area (Å²) < 4.78 is 4.71. The summed E-state index contributed by atoms with van der Waals surface area (Å²) in [5.41, 5.74) is 2.80. The highest BCUT2D eigenvalue weighted by molar-refractivity contribution is 6.33. The lowest BCUT2D eigenvalue weighted by Crippen LogP contribution is -2.12. The van der Waals surface area contributed by atoms with Crippen LogP contribution in [0.25, 0.3) is 0 Å². The van der Waals surface area contributed by atoms with Crippen LogP contribution >= 0.6 is 11.6 Å². The Morgan fingerprint density at radius 3 is 2.71 bits per heavy atom. The van der Waals surface area contributed by atoms with Crippen molar-refractivity contribution in [2.75, 3.05) is 12.4 Å². The molecular weight excluding hydrogens is 290 g/mol. The van der Waals surface area contributed by atoms with E-state index in [9.17, 15) is 4.79 Å². The minimum atomic E-state index is -0.466. The molecule has 0 bridgehead atoms. The van der Waals surface area contributed by atoms with Crippen LogP contribution in [0, 0.1) is 6.92 Å².